The Morgan fingerprint density at radius 3 is 2.21 bits per heavy atom. The minimum Gasteiger partial charge on any atom is -0.378 e. The van der Waals surface area contributed by atoms with E-state index in [4.69, 9.17) is 0 Å². The number of nitrogens with zero attached hydrogens (tertiary/aromatic N) is 1. The second-order valence-corrected chi connectivity index (χ2v) is 8.66. The lowest BCUT2D eigenvalue weighted by Crippen LogP contribution is -2.20. The average molecular weight is 414 g/mol. The maximum Gasteiger partial charge on any atom is 0.418 e. The summed E-state index contributed by atoms with van der Waals surface area (Å²) in [6.45, 7) is 1.81. The van der Waals surface area contributed by atoms with E-state index >= 15 is 0 Å². The van der Waals surface area contributed by atoms with Gasteiger partial charge in [-0.3, -0.25) is 4.79 Å². The van der Waals surface area contributed by atoms with Crippen LogP contribution in [-0.4, -0.2) is 34.2 Å². The number of hydrogen-bond acceptors (Lipinski definition) is 4. The Morgan fingerprint density at radius 2 is 1.68 bits per heavy atom. The molecule has 5 nitrogen and oxygen atoms in total. The summed E-state index contributed by atoms with van der Waals surface area (Å²) in [6, 6.07) is 9.66. The lowest BCUT2D eigenvalue weighted by atomic mass is 10.1. The molecule has 0 aliphatic rings. The highest BCUT2D eigenvalue weighted by molar-refractivity contribution is 7.91. The van der Waals surface area contributed by atoms with E-state index in [1.165, 1.54) is 23.1 Å². The molecule has 0 aromatic heterocycles. The highest BCUT2D eigenvalue weighted by atomic mass is 32.2. The van der Waals surface area contributed by atoms with Gasteiger partial charge < -0.3 is 10.2 Å². The summed E-state index contributed by atoms with van der Waals surface area (Å²) in [4.78, 5) is 13.7. The zero-order valence-corrected chi connectivity index (χ0v) is 16.5. The van der Waals surface area contributed by atoms with E-state index in [1.807, 2.05) is 6.92 Å². The number of benzene rings is 2. The fourth-order valence-electron chi connectivity index (χ4n) is 2.46. The lowest BCUT2D eigenvalue weighted by Gasteiger charge is -2.18. The molecule has 0 spiro atoms. The van der Waals surface area contributed by atoms with Crippen LogP contribution in [0.3, 0.4) is 0 Å². The summed E-state index contributed by atoms with van der Waals surface area (Å²) < 4.78 is 64.5. The quantitative estimate of drug-likeness (QED) is 0.779. The number of nitrogens with one attached hydrogen (secondary N) is 1. The van der Waals surface area contributed by atoms with Crippen LogP contribution in [0.15, 0.2) is 47.4 Å². The van der Waals surface area contributed by atoms with Crippen LogP contribution in [0.4, 0.5) is 24.5 Å². The lowest BCUT2D eigenvalue weighted by molar-refractivity contribution is -0.136. The molecule has 0 atom stereocenters. The molecule has 0 radical (unpaired) electrons. The summed E-state index contributed by atoms with van der Waals surface area (Å²) in [5.41, 5.74) is -0.186. The third-order valence-corrected chi connectivity index (χ3v) is 5.81. The minimum absolute atomic E-state index is 0.0669. The van der Waals surface area contributed by atoms with E-state index in [1.54, 1.807) is 26.2 Å². The molecular formula is C19H21F3N2O3S. The predicted octanol–water partition coefficient (Wildman–Crippen LogP) is 3.88. The predicted molar refractivity (Wildman–Crippen MR) is 102 cm³/mol. The molecule has 0 bridgehead atoms. The van der Waals surface area contributed by atoms with Crippen molar-refractivity contribution in [2.45, 2.75) is 24.4 Å². The fraction of sp³-hybridized carbons (Fsp3) is 0.316. The number of anilines is 2. The SMILES string of the molecule is Cc1ccc(S(=O)(=O)CCC(=O)Nc2ccc(N(C)C)cc2C(F)(F)F)cc1. The van der Waals surface area contributed by atoms with E-state index in [-0.39, 0.29) is 4.90 Å². The molecule has 0 fully saturated rings. The van der Waals surface area contributed by atoms with Crippen LogP contribution in [0.5, 0.6) is 0 Å². The normalized spacial score (nSPS) is 11.9. The molecule has 28 heavy (non-hydrogen) atoms. The molecule has 0 aliphatic carbocycles. The monoisotopic (exact) mass is 414 g/mol. The molecular weight excluding hydrogens is 393 g/mol. The van der Waals surface area contributed by atoms with Gasteiger partial charge in [-0.15, -0.1) is 0 Å². The Morgan fingerprint density at radius 1 is 1.07 bits per heavy atom. The maximum atomic E-state index is 13.3. The minimum atomic E-state index is -4.66. The molecule has 1 amide bonds. The molecule has 0 saturated carbocycles. The summed E-state index contributed by atoms with van der Waals surface area (Å²) >= 11 is 0. The summed E-state index contributed by atoms with van der Waals surface area (Å²) in [5, 5.41) is 2.17. The first-order chi connectivity index (χ1) is 12.9. The van der Waals surface area contributed by atoms with Gasteiger partial charge in [0, 0.05) is 26.2 Å². The molecule has 2 aromatic carbocycles. The van der Waals surface area contributed by atoms with Crippen LogP contribution in [-0.2, 0) is 20.8 Å². The summed E-state index contributed by atoms with van der Waals surface area (Å²) in [6.07, 6.45) is -5.12. The van der Waals surface area contributed by atoms with Gasteiger partial charge in [0.2, 0.25) is 5.91 Å². The molecule has 0 heterocycles. The van der Waals surface area contributed by atoms with Gasteiger partial charge in [-0.05, 0) is 37.3 Å². The van der Waals surface area contributed by atoms with Crippen LogP contribution in [0.1, 0.15) is 17.5 Å². The van der Waals surface area contributed by atoms with Crippen molar-refractivity contribution < 1.29 is 26.4 Å². The molecule has 152 valence electrons. The van der Waals surface area contributed by atoms with Crippen LogP contribution >= 0.6 is 0 Å². The summed E-state index contributed by atoms with van der Waals surface area (Å²) in [7, 11) is -0.509. The smallest absolute Gasteiger partial charge is 0.378 e. The Hall–Kier alpha value is -2.55. The second-order valence-electron chi connectivity index (χ2n) is 6.55. The van der Waals surface area contributed by atoms with Gasteiger partial charge in [0.05, 0.1) is 21.9 Å². The van der Waals surface area contributed by atoms with Crippen molar-refractivity contribution >= 4 is 27.1 Å². The first-order valence-corrected chi connectivity index (χ1v) is 10.0. The van der Waals surface area contributed by atoms with E-state index in [0.29, 0.717) is 5.69 Å². The van der Waals surface area contributed by atoms with Crippen molar-refractivity contribution in [1.82, 2.24) is 0 Å². The molecule has 1 N–H and O–H groups in total. The van der Waals surface area contributed by atoms with Gasteiger partial charge in [-0.2, -0.15) is 13.2 Å². The van der Waals surface area contributed by atoms with Gasteiger partial charge in [-0.25, -0.2) is 8.42 Å². The van der Waals surface area contributed by atoms with Gasteiger partial charge in [0.25, 0.3) is 0 Å². The maximum absolute atomic E-state index is 13.3. The number of sulfone groups is 1. The molecule has 2 aromatic rings. The molecule has 0 unspecified atom stereocenters. The van der Waals surface area contributed by atoms with E-state index < -0.39 is 45.3 Å². The largest absolute Gasteiger partial charge is 0.418 e. The number of carbonyl (C=O) groups is 1. The van der Waals surface area contributed by atoms with Crippen molar-refractivity contribution in [2.24, 2.45) is 0 Å². The van der Waals surface area contributed by atoms with Gasteiger partial charge in [0.15, 0.2) is 9.84 Å². The van der Waals surface area contributed by atoms with Gasteiger partial charge in [0.1, 0.15) is 0 Å². The van der Waals surface area contributed by atoms with Crippen molar-refractivity contribution in [3.8, 4) is 0 Å². The number of amides is 1. The van der Waals surface area contributed by atoms with E-state index in [2.05, 4.69) is 5.32 Å². The van der Waals surface area contributed by atoms with Crippen molar-refractivity contribution in [3.63, 3.8) is 0 Å². The van der Waals surface area contributed by atoms with Crippen LogP contribution in [0, 0.1) is 6.92 Å². The third kappa shape index (κ3) is 5.48. The highest BCUT2D eigenvalue weighted by Crippen LogP contribution is 2.37. The van der Waals surface area contributed by atoms with Crippen molar-refractivity contribution in [2.75, 3.05) is 30.1 Å². The fourth-order valence-corrected chi connectivity index (χ4v) is 3.70. The Balaban J connectivity index is 2.13. The van der Waals surface area contributed by atoms with E-state index in [9.17, 15) is 26.4 Å². The highest BCUT2D eigenvalue weighted by Gasteiger charge is 2.34. The van der Waals surface area contributed by atoms with Crippen molar-refractivity contribution in [1.29, 1.82) is 0 Å². The standard InChI is InChI=1S/C19H21F3N2O3S/c1-13-4-7-15(8-5-13)28(26,27)11-10-18(25)23-17-9-6-14(24(2)3)12-16(17)19(20,21)22/h4-9,12H,10-11H2,1-3H3,(H,23,25). The second kappa shape index (κ2) is 8.22. The Bertz CT molecular complexity index is 953. The number of alkyl halides is 3. The zero-order chi connectivity index (χ0) is 21.1. The van der Waals surface area contributed by atoms with Crippen LogP contribution in [0.25, 0.3) is 0 Å². The number of aryl methyl sites for hydroxylation is 1. The third-order valence-electron chi connectivity index (χ3n) is 4.08. The number of carbonyl (C=O) groups excluding carboxylic acids is 1. The molecule has 2 rings (SSSR count). The van der Waals surface area contributed by atoms with Crippen molar-refractivity contribution in [3.05, 3.63) is 53.6 Å². The molecule has 0 saturated heterocycles. The summed E-state index contributed by atoms with van der Waals surface area (Å²) in [5.74, 6) is -1.31. The zero-order valence-electron chi connectivity index (χ0n) is 15.7. The van der Waals surface area contributed by atoms with Crippen LogP contribution in [0.2, 0.25) is 0 Å². The first kappa shape index (κ1) is 21.7. The van der Waals surface area contributed by atoms with Crippen LogP contribution < -0.4 is 10.2 Å². The topological polar surface area (TPSA) is 66.5 Å². The Labute approximate surface area is 162 Å². The molecule has 9 heteroatoms. The van der Waals surface area contributed by atoms with Gasteiger partial charge in [-0.1, -0.05) is 17.7 Å². The molecule has 0 aliphatic heterocycles. The average Bonchev–Trinajstić information content (AvgIpc) is 2.59. The number of hydrogen-bond donors (Lipinski definition) is 1. The van der Waals surface area contributed by atoms with E-state index in [0.717, 1.165) is 17.7 Å². The number of rotatable bonds is 6. The Kier molecular flexibility index (Phi) is 6.38. The van der Waals surface area contributed by atoms with Gasteiger partial charge >= 0.3 is 6.18 Å². The first-order valence-electron chi connectivity index (χ1n) is 8.38. The number of halogens is 3.